The van der Waals surface area contributed by atoms with Crippen LogP contribution in [0.4, 0.5) is 0 Å². The summed E-state index contributed by atoms with van der Waals surface area (Å²) < 4.78 is 0. The number of carbonyl (C=O) groups is 1. The molecule has 1 unspecified atom stereocenters. The molecule has 0 aromatic heterocycles. The highest BCUT2D eigenvalue weighted by molar-refractivity contribution is 6.00. The number of benzene rings is 2. The lowest BCUT2D eigenvalue weighted by atomic mass is 9.71. The van der Waals surface area contributed by atoms with Gasteiger partial charge in [-0.3, -0.25) is 4.79 Å². The molecule has 32 heavy (non-hydrogen) atoms. The molecule has 0 radical (unpaired) electrons. The Kier molecular flexibility index (Phi) is 5.22. The van der Waals surface area contributed by atoms with E-state index in [1.54, 1.807) is 0 Å². The Bertz CT molecular complexity index is 1180. The quantitative estimate of drug-likeness (QED) is 0.547. The summed E-state index contributed by atoms with van der Waals surface area (Å²) >= 11 is 0. The van der Waals surface area contributed by atoms with Crippen LogP contribution in [0.1, 0.15) is 56.9 Å². The first-order valence-electron chi connectivity index (χ1n) is 10.9. The Morgan fingerprint density at radius 2 is 1.78 bits per heavy atom. The van der Waals surface area contributed by atoms with Crippen LogP contribution in [0.3, 0.4) is 0 Å². The Labute approximate surface area is 186 Å². The first-order chi connectivity index (χ1) is 15.4. The maximum atomic E-state index is 12.8. The minimum atomic E-state index is -1.40. The van der Waals surface area contributed by atoms with Gasteiger partial charge in [-0.15, -0.1) is 0 Å². The van der Waals surface area contributed by atoms with E-state index in [4.69, 9.17) is 0 Å². The molecule has 0 saturated carbocycles. The number of carbonyl (C=O) groups excluding carboxylic acids is 1. The lowest BCUT2D eigenvalue weighted by molar-refractivity contribution is -0.0490. The van der Waals surface area contributed by atoms with Gasteiger partial charge in [0.15, 0.2) is 12.1 Å². The topological polar surface area (TPSA) is 98.0 Å². The smallest absolute Gasteiger partial charge is 0.163 e. The fraction of sp³-hybridized carbons (Fsp3) is 0.296. The van der Waals surface area contributed by atoms with Gasteiger partial charge in [0.25, 0.3) is 0 Å². The molecule has 5 heteroatoms. The van der Waals surface area contributed by atoms with Gasteiger partial charge in [0, 0.05) is 17.4 Å². The van der Waals surface area contributed by atoms with Gasteiger partial charge < -0.3 is 20.4 Å². The first-order valence-corrected chi connectivity index (χ1v) is 10.9. The molecular weight excluding hydrogens is 404 g/mol. The molecule has 3 aliphatic rings. The van der Waals surface area contributed by atoms with Crippen LogP contribution < -0.4 is 0 Å². The van der Waals surface area contributed by atoms with E-state index in [1.807, 2.05) is 42.5 Å². The van der Waals surface area contributed by atoms with E-state index in [2.05, 4.69) is 18.2 Å². The third kappa shape index (κ3) is 3.48. The minimum absolute atomic E-state index is 0.0333. The Morgan fingerprint density at radius 3 is 2.53 bits per heavy atom. The van der Waals surface area contributed by atoms with Crippen molar-refractivity contribution in [1.82, 2.24) is 0 Å². The Hall–Kier alpha value is -2.83. The summed E-state index contributed by atoms with van der Waals surface area (Å²) in [4.78, 5) is 12.8. The van der Waals surface area contributed by atoms with Crippen LogP contribution in [0.2, 0.25) is 0 Å². The van der Waals surface area contributed by atoms with E-state index >= 15 is 0 Å². The number of aliphatic hydroxyl groups is 4. The van der Waals surface area contributed by atoms with Gasteiger partial charge in [-0.1, -0.05) is 48.6 Å². The maximum Gasteiger partial charge on any atom is 0.163 e. The molecule has 1 atom stereocenters. The van der Waals surface area contributed by atoms with E-state index < -0.39 is 11.7 Å². The zero-order valence-electron chi connectivity index (χ0n) is 17.7. The molecule has 0 aliphatic heterocycles. The summed E-state index contributed by atoms with van der Waals surface area (Å²) in [6.07, 6.45) is 8.07. The number of fused-ring (bicyclic) bond motifs is 2. The summed E-state index contributed by atoms with van der Waals surface area (Å²) in [7, 11) is 0. The van der Waals surface area contributed by atoms with Crippen LogP contribution in [0.15, 0.2) is 54.6 Å². The molecule has 3 aliphatic carbocycles. The average Bonchev–Trinajstić information content (AvgIpc) is 3.46. The van der Waals surface area contributed by atoms with Gasteiger partial charge in [-0.2, -0.15) is 0 Å². The molecule has 2 aromatic carbocycles. The number of rotatable bonds is 5. The van der Waals surface area contributed by atoms with Crippen LogP contribution in [-0.4, -0.2) is 45.7 Å². The van der Waals surface area contributed by atoms with Crippen molar-refractivity contribution in [2.24, 2.45) is 5.41 Å². The van der Waals surface area contributed by atoms with Crippen LogP contribution in [-0.2, 0) is 6.42 Å². The molecule has 5 nitrogen and oxygen atoms in total. The fourth-order valence-electron chi connectivity index (χ4n) is 5.07. The highest BCUT2D eigenvalue weighted by Gasteiger charge is 2.38. The van der Waals surface area contributed by atoms with Crippen molar-refractivity contribution >= 4 is 23.0 Å². The summed E-state index contributed by atoms with van der Waals surface area (Å²) in [6, 6.07) is 11.9. The molecule has 0 bridgehead atoms. The molecule has 0 fully saturated rings. The second-order valence-corrected chi connectivity index (χ2v) is 9.14. The standard InChI is InChI=1S/C27H26O5/c28-14-27(15-29)12-21-4-3-19(11-24(21)25(30)13-27)17-2-1-16(9-17)18-5-7-22-20(10-18)6-8-23(22)26(31)32/h1,3-11,23,26,28-29,31-32H,2,12-15H2. The molecular formula is C27H26O5. The van der Waals surface area contributed by atoms with Crippen molar-refractivity contribution in [3.63, 3.8) is 0 Å². The fourth-order valence-corrected chi connectivity index (χ4v) is 5.07. The highest BCUT2D eigenvalue weighted by Crippen LogP contribution is 2.39. The maximum absolute atomic E-state index is 12.8. The van der Waals surface area contributed by atoms with Gasteiger partial charge in [0.1, 0.15) is 0 Å². The van der Waals surface area contributed by atoms with E-state index in [9.17, 15) is 25.2 Å². The van der Waals surface area contributed by atoms with E-state index in [-0.39, 0.29) is 31.3 Å². The van der Waals surface area contributed by atoms with Crippen molar-refractivity contribution in [3.8, 4) is 0 Å². The largest absolute Gasteiger partial charge is 0.396 e. The lowest BCUT2D eigenvalue weighted by Gasteiger charge is -2.34. The molecule has 0 amide bonds. The predicted octanol–water partition coefficient (Wildman–Crippen LogP) is 3.08. The summed E-state index contributed by atoms with van der Waals surface area (Å²) in [6.45, 7) is -0.411. The third-order valence-corrected chi connectivity index (χ3v) is 7.01. The monoisotopic (exact) mass is 430 g/mol. The zero-order chi connectivity index (χ0) is 22.5. The second kappa shape index (κ2) is 7.94. The van der Waals surface area contributed by atoms with Crippen LogP contribution >= 0.6 is 0 Å². The van der Waals surface area contributed by atoms with E-state index in [0.717, 1.165) is 45.4 Å². The molecule has 0 spiro atoms. The second-order valence-electron chi connectivity index (χ2n) is 9.14. The van der Waals surface area contributed by atoms with Gasteiger partial charge in [-0.25, -0.2) is 0 Å². The summed E-state index contributed by atoms with van der Waals surface area (Å²) in [5, 5.41) is 38.5. The van der Waals surface area contributed by atoms with Gasteiger partial charge in [0.05, 0.1) is 19.1 Å². The van der Waals surface area contributed by atoms with E-state index in [1.165, 1.54) is 0 Å². The predicted molar refractivity (Wildman–Crippen MR) is 123 cm³/mol. The van der Waals surface area contributed by atoms with Crippen molar-refractivity contribution in [2.45, 2.75) is 31.5 Å². The van der Waals surface area contributed by atoms with Crippen molar-refractivity contribution in [2.75, 3.05) is 13.2 Å². The number of aliphatic hydroxyl groups excluding tert-OH is 3. The molecule has 2 aromatic rings. The van der Waals surface area contributed by atoms with Crippen LogP contribution in [0.25, 0.3) is 17.2 Å². The molecule has 0 saturated heterocycles. The summed E-state index contributed by atoms with van der Waals surface area (Å²) in [5.74, 6) is -0.417. The van der Waals surface area contributed by atoms with Crippen molar-refractivity contribution in [3.05, 3.63) is 88.0 Å². The zero-order valence-corrected chi connectivity index (χ0v) is 17.7. The number of ketones is 1. The number of Topliss-reactive ketones (excluding diaryl/α,β-unsaturated/α-hetero) is 1. The normalized spacial score (nSPS) is 20.9. The van der Waals surface area contributed by atoms with Crippen molar-refractivity contribution in [1.29, 1.82) is 0 Å². The number of hydrogen-bond donors (Lipinski definition) is 4. The number of allylic oxidation sites excluding steroid dienone is 4. The van der Waals surface area contributed by atoms with Crippen LogP contribution in [0.5, 0.6) is 0 Å². The lowest BCUT2D eigenvalue weighted by Crippen LogP contribution is -2.38. The highest BCUT2D eigenvalue weighted by atomic mass is 16.5. The SMILES string of the molecule is O=C1CC(CO)(CO)Cc2ccc(C3=CC(c4ccc5c(c4)C=CC5C(O)O)=CC3)cc21. The minimum Gasteiger partial charge on any atom is -0.396 e. The van der Waals surface area contributed by atoms with Gasteiger partial charge in [-0.05, 0) is 63.9 Å². The summed E-state index contributed by atoms with van der Waals surface area (Å²) in [5.41, 5.74) is 7.04. The first kappa shape index (κ1) is 21.0. The molecule has 0 heterocycles. The molecule has 4 N–H and O–H groups in total. The molecule has 5 rings (SSSR count). The van der Waals surface area contributed by atoms with Gasteiger partial charge >= 0.3 is 0 Å². The van der Waals surface area contributed by atoms with Crippen LogP contribution in [0, 0.1) is 5.41 Å². The molecule has 164 valence electrons. The van der Waals surface area contributed by atoms with Gasteiger partial charge in [0.2, 0.25) is 0 Å². The van der Waals surface area contributed by atoms with E-state index in [0.29, 0.717) is 12.0 Å². The van der Waals surface area contributed by atoms with Crippen molar-refractivity contribution < 1.29 is 25.2 Å². The number of hydrogen-bond acceptors (Lipinski definition) is 5. The Balaban J connectivity index is 1.40. The average molecular weight is 431 g/mol. The third-order valence-electron chi connectivity index (χ3n) is 7.01. The Morgan fingerprint density at radius 1 is 1.00 bits per heavy atom.